The maximum atomic E-state index is 11.5. The second-order valence-corrected chi connectivity index (χ2v) is 6.85. The predicted octanol–water partition coefficient (Wildman–Crippen LogP) is 3.24. The van der Waals surface area contributed by atoms with E-state index in [-0.39, 0.29) is 6.09 Å². The summed E-state index contributed by atoms with van der Waals surface area (Å²) >= 11 is 6.61. The van der Waals surface area contributed by atoms with Gasteiger partial charge in [0.05, 0.1) is 3.39 Å². The highest BCUT2D eigenvalue weighted by molar-refractivity contribution is 9.28. The summed E-state index contributed by atoms with van der Waals surface area (Å²) in [6.07, 6.45) is -0.248. The lowest BCUT2D eigenvalue weighted by Crippen LogP contribution is -2.47. The molecule has 1 amide bonds. The zero-order chi connectivity index (χ0) is 10.9. The third kappa shape index (κ3) is 3.28. The van der Waals surface area contributed by atoms with Gasteiger partial charge in [0, 0.05) is 13.1 Å². The zero-order valence-corrected chi connectivity index (χ0v) is 11.6. The average molecular weight is 327 g/mol. The van der Waals surface area contributed by atoms with Gasteiger partial charge in [0.15, 0.2) is 0 Å². The van der Waals surface area contributed by atoms with Gasteiger partial charge in [-0.1, -0.05) is 0 Å². The summed E-state index contributed by atoms with van der Waals surface area (Å²) < 4.78 is 6.14. The van der Waals surface area contributed by atoms with E-state index in [0.29, 0.717) is 13.1 Å². The summed E-state index contributed by atoms with van der Waals surface area (Å²) in [5.41, 5.74) is 0.762. The molecule has 0 spiro atoms. The monoisotopic (exact) mass is 325 g/mol. The largest absolute Gasteiger partial charge is 0.444 e. The number of carbonyl (C=O) groups excluding carboxylic acids is 1. The molecule has 1 heterocycles. The highest BCUT2D eigenvalue weighted by Gasteiger charge is 2.30. The standard InChI is InChI=1S/C9H13Br2NO2/c1-9(2,3)14-8(13)12-4-6(5-12)7(10)11/h4-5H2,1-3H3. The molecule has 1 fully saturated rings. The fourth-order valence-electron chi connectivity index (χ4n) is 0.990. The molecule has 1 rings (SSSR count). The third-order valence-corrected chi connectivity index (χ3v) is 2.80. The van der Waals surface area contributed by atoms with Gasteiger partial charge in [0.25, 0.3) is 0 Å². The van der Waals surface area contributed by atoms with E-state index in [1.165, 1.54) is 5.57 Å². The average Bonchev–Trinajstić information content (AvgIpc) is 1.75. The Morgan fingerprint density at radius 3 is 2.21 bits per heavy atom. The van der Waals surface area contributed by atoms with Crippen molar-refractivity contribution in [2.24, 2.45) is 0 Å². The second-order valence-electron chi connectivity index (χ2n) is 4.20. The molecular weight excluding hydrogens is 314 g/mol. The van der Waals surface area contributed by atoms with E-state index in [4.69, 9.17) is 4.74 Å². The fraction of sp³-hybridized carbons (Fsp3) is 0.667. The van der Waals surface area contributed by atoms with E-state index in [2.05, 4.69) is 31.9 Å². The number of hydrogen-bond donors (Lipinski definition) is 0. The predicted molar refractivity (Wildman–Crippen MR) is 62.7 cm³/mol. The molecule has 1 aliphatic rings. The van der Waals surface area contributed by atoms with Gasteiger partial charge in [0.2, 0.25) is 0 Å². The molecule has 0 radical (unpaired) electrons. The van der Waals surface area contributed by atoms with Gasteiger partial charge < -0.3 is 4.74 Å². The topological polar surface area (TPSA) is 29.5 Å². The molecule has 0 N–H and O–H groups in total. The van der Waals surface area contributed by atoms with Gasteiger partial charge in [-0.05, 0) is 58.2 Å². The maximum absolute atomic E-state index is 11.5. The number of halogens is 2. The maximum Gasteiger partial charge on any atom is 0.410 e. The summed E-state index contributed by atoms with van der Waals surface area (Å²) in [6, 6.07) is 0. The van der Waals surface area contributed by atoms with Gasteiger partial charge in [0.1, 0.15) is 5.60 Å². The molecule has 5 heteroatoms. The molecule has 3 nitrogen and oxygen atoms in total. The van der Waals surface area contributed by atoms with Crippen LogP contribution in [0.2, 0.25) is 0 Å². The molecule has 1 saturated heterocycles. The zero-order valence-electron chi connectivity index (χ0n) is 8.43. The van der Waals surface area contributed by atoms with Crippen LogP contribution >= 0.6 is 31.9 Å². The number of rotatable bonds is 0. The van der Waals surface area contributed by atoms with Crippen LogP contribution < -0.4 is 0 Å². The van der Waals surface area contributed by atoms with Crippen LogP contribution in [0.15, 0.2) is 8.96 Å². The van der Waals surface area contributed by atoms with Crippen molar-refractivity contribution in [1.82, 2.24) is 4.90 Å². The van der Waals surface area contributed by atoms with Crippen molar-refractivity contribution in [3.05, 3.63) is 8.96 Å². The Morgan fingerprint density at radius 2 is 1.86 bits per heavy atom. The third-order valence-electron chi connectivity index (χ3n) is 1.68. The van der Waals surface area contributed by atoms with E-state index >= 15 is 0 Å². The van der Waals surface area contributed by atoms with Crippen molar-refractivity contribution < 1.29 is 9.53 Å². The molecule has 0 bridgehead atoms. The van der Waals surface area contributed by atoms with Crippen molar-refractivity contribution in [1.29, 1.82) is 0 Å². The Morgan fingerprint density at radius 1 is 1.36 bits per heavy atom. The van der Waals surface area contributed by atoms with Crippen LogP contribution in [0.3, 0.4) is 0 Å². The molecule has 1 aliphatic heterocycles. The van der Waals surface area contributed by atoms with Crippen molar-refractivity contribution in [3.63, 3.8) is 0 Å². The molecule has 0 unspecified atom stereocenters. The summed E-state index contributed by atoms with van der Waals surface area (Å²) in [7, 11) is 0. The van der Waals surface area contributed by atoms with E-state index in [1.807, 2.05) is 20.8 Å². The van der Waals surface area contributed by atoms with Gasteiger partial charge in [-0.3, -0.25) is 4.90 Å². The van der Waals surface area contributed by atoms with Gasteiger partial charge in [-0.25, -0.2) is 4.79 Å². The van der Waals surface area contributed by atoms with Crippen LogP contribution in [0.25, 0.3) is 0 Å². The molecule has 0 aliphatic carbocycles. The quantitative estimate of drug-likeness (QED) is 0.684. The van der Waals surface area contributed by atoms with E-state index < -0.39 is 5.60 Å². The van der Waals surface area contributed by atoms with Crippen LogP contribution in [0.5, 0.6) is 0 Å². The molecular formula is C9H13Br2NO2. The fourth-order valence-corrected chi connectivity index (χ4v) is 1.49. The summed E-state index contributed by atoms with van der Waals surface area (Å²) in [5.74, 6) is 0. The number of hydrogen-bond acceptors (Lipinski definition) is 2. The Kier molecular flexibility index (Phi) is 3.63. The first-order valence-electron chi connectivity index (χ1n) is 4.30. The van der Waals surface area contributed by atoms with Crippen LogP contribution in [-0.2, 0) is 4.74 Å². The van der Waals surface area contributed by atoms with Crippen LogP contribution in [0.1, 0.15) is 20.8 Å². The molecule has 14 heavy (non-hydrogen) atoms. The summed E-state index contributed by atoms with van der Waals surface area (Å²) in [6.45, 7) is 6.87. The summed E-state index contributed by atoms with van der Waals surface area (Å²) in [5, 5.41) is 0. The highest BCUT2D eigenvalue weighted by atomic mass is 79.9. The molecule has 80 valence electrons. The van der Waals surface area contributed by atoms with Crippen molar-refractivity contribution >= 4 is 38.0 Å². The van der Waals surface area contributed by atoms with E-state index in [0.717, 1.165) is 3.39 Å². The van der Waals surface area contributed by atoms with Crippen molar-refractivity contribution in [2.45, 2.75) is 26.4 Å². The Hall–Kier alpha value is -0.0300. The molecule has 0 atom stereocenters. The molecule has 0 aromatic carbocycles. The van der Waals surface area contributed by atoms with Gasteiger partial charge in [-0.15, -0.1) is 0 Å². The first-order valence-corrected chi connectivity index (χ1v) is 5.89. The molecule has 0 aromatic rings. The van der Waals surface area contributed by atoms with E-state index in [1.54, 1.807) is 4.90 Å². The smallest absolute Gasteiger partial charge is 0.410 e. The Labute approximate surface area is 101 Å². The van der Waals surface area contributed by atoms with Crippen LogP contribution in [0.4, 0.5) is 4.79 Å². The minimum absolute atomic E-state index is 0.248. The number of likely N-dealkylation sites (tertiary alicyclic amines) is 1. The van der Waals surface area contributed by atoms with Crippen LogP contribution in [0, 0.1) is 0 Å². The van der Waals surface area contributed by atoms with Crippen LogP contribution in [-0.4, -0.2) is 29.7 Å². The first kappa shape index (κ1) is 12.0. The van der Waals surface area contributed by atoms with E-state index in [9.17, 15) is 4.79 Å². The lowest BCUT2D eigenvalue weighted by atomic mass is 10.1. The van der Waals surface area contributed by atoms with Crippen molar-refractivity contribution in [3.8, 4) is 0 Å². The van der Waals surface area contributed by atoms with Gasteiger partial charge in [-0.2, -0.15) is 0 Å². The lowest BCUT2D eigenvalue weighted by molar-refractivity contribution is 0.0214. The lowest BCUT2D eigenvalue weighted by Gasteiger charge is -2.35. The molecule has 0 aromatic heterocycles. The highest BCUT2D eigenvalue weighted by Crippen LogP contribution is 2.27. The van der Waals surface area contributed by atoms with Crippen molar-refractivity contribution in [2.75, 3.05) is 13.1 Å². The Bertz CT molecular complexity index is 269. The van der Waals surface area contributed by atoms with Gasteiger partial charge >= 0.3 is 6.09 Å². The molecule has 0 saturated carbocycles. The first-order chi connectivity index (χ1) is 6.29. The SMILES string of the molecule is CC(C)(C)OC(=O)N1CC(=C(Br)Br)C1. The summed E-state index contributed by atoms with van der Waals surface area (Å²) in [4.78, 5) is 13.1. The minimum atomic E-state index is -0.414. The second kappa shape index (κ2) is 4.23. The number of carbonyl (C=O) groups is 1. The number of nitrogens with zero attached hydrogens (tertiary/aromatic N) is 1. The Balaban J connectivity index is 2.41. The number of amides is 1. The normalized spacial score (nSPS) is 16.4. The number of ether oxygens (including phenoxy) is 1. The minimum Gasteiger partial charge on any atom is -0.444 e.